The molecule has 2 aliphatic heterocycles. The Bertz CT molecular complexity index is 1150. The SMILES string of the molecule is COc1ccc(C2=NN(C(=O)CN3C(=O)C(=O)N(C4CCCC4)C3=O)[C@@H](c3ccco3)C2)cc1. The number of carbonyl (C=O) groups is 4. The van der Waals surface area contributed by atoms with Gasteiger partial charge in [-0.1, -0.05) is 12.8 Å². The van der Waals surface area contributed by atoms with E-state index in [9.17, 15) is 19.2 Å². The highest BCUT2D eigenvalue weighted by molar-refractivity contribution is 6.45. The minimum Gasteiger partial charge on any atom is -0.497 e. The molecule has 1 saturated heterocycles. The summed E-state index contributed by atoms with van der Waals surface area (Å²) in [5, 5.41) is 5.75. The monoisotopic (exact) mass is 464 g/mol. The fourth-order valence-corrected chi connectivity index (χ4v) is 4.75. The zero-order valence-electron chi connectivity index (χ0n) is 18.7. The van der Waals surface area contributed by atoms with Gasteiger partial charge in [0, 0.05) is 12.5 Å². The summed E-state index contributed by atoms with van der Waals surface area (Å²) in [5.41, 5.74) is 1.46. The van der Waals surface area contributed by atoms with E-state index in [0.717, 1.165) is 28.2 Å². The van der Waals surface area contributed by atoms with Crippen LogP contribution in [0.3, 0.4) is 0 Å². The molecule has 2 aromatic rings. The van der Waals surface area contributed by atoms with Gasteiger partial charge in [0.25, 0.3) is 5.91 Å². The van der Waals surface area contributed by atoms with Gasteiger partial charge >= 0.3 is 17.8 Å². The van der Waals surface area contributed by atoms with Crippen LogP contribution in [0.4, 0.5) is 4.79 Å². The van der Waals surface area contributed by atoms with Crippen molar-refractivity contribution in [1.29, 1.82) is 0 Å². The fraction of sp³-hybridized carbons (Fsp3) is 0.375. The van der Waals surface area contributed by atoms with Gasteiger partial charge in [-0.25, -0.2) is 14.7 Å². The number of imide groups is 2. The number of hydrogen-bond acceptors (Lipinski definition) is 7. The second kappa shape index (κ2) is 8.77. The van der Waals surface area contributed by atoms with E-state index in [1.54, 1.807) is 31.4 Å². The molecule has 0 unspecified atom stereocenters. The summed E-state index contributed by atoms with van der Waals surface area (Å²) in [6, 6.07) is 9.20. The van der Waals surface area contributed by atoms with Crippen LogP contribution in [-0.2, 0) is 14.4 Å². The Morgan fingerprint density at radius 1 is 1.09 bits per heavy atom. The Balaban J connectivity index is 1.38. The van der Waals surface area contributed by atoms with E-state index in [1.807, 2.05) is 12.1 Å². The van der Waals surface area contributed by atoms with Crippen molar-refractivity contribution < 1.29 is 28.3 Å². The van der Waals surface area contributed by atoms with E-state index in [-0.39, 0.29) is 6.04 Å². The third-order valence-corrected chi connectivity index (χ3v) is 6.53. The van der Waals surface area contributed by atoms with Crippen LogP contribution in [0.1, 0.15) is 49.5 Å². The van der Waals surface area contributed by atoms with Gasteiger partial charge in [0.05, 0.1) is 19.1 Å². The number of furan rings is 1. The standard InChI is InChI=1S/C24H24N4O6/c1-33-17-10-8-15(9-11-17)18-13-19(20-7-4-12-34-20)28(25-18)21(29)14-26-22(30)23(31)27(24(26)32)16-5-2-3-6-16/h4,7-12,16,19H,2-3,5-6,13-14H2,1H3/t19-/m1/s1. The van der Waals surface area contributed by atoms with E-state index in [4.69, 9.17) is 9.15 Å². The highest BCUT2D eigenvalue weighted by Gasteiger charge is 2.49. The van der Waals surface area contributed by atoms with Gasteiger partial charge in [-0.15, -0.1) is 0 Å². The molecule has 3 heterocycles. The number of nitrogens with zero attached hydrogens (tertiary/aromatic N) is 4. The maximum absolute atomic E-state index is 13.3. The topological polar surface area (TPSA) is 113 Å². The number of rotatable bonds is 6. The van der Waals surface area contributed by atoms with Crippen LogP contribution in [0.2, 0.25) is 0 Å². The number of hydrogen-bond donors (Lipinski definition) is 0. The zero-order chi connectivity index (χ0) is 23.8. The number of hydrazone groups is 1. The second-order valence-corrected chi connectivity index (χ2v) is 8.54. The predicted octanol–water partition coefficient (Wildman–Crippen LogP) is 2.70. The summed E-state index contributed by atoms with van der Waals surface area (Å²) in [6.07, 6.45) is 5.05. The first-order valence-corrected chi connectivity index (χ1v) is 11.2. The Labute approximate surface area is 195 Å². The molecule has 0 bridgehead atoms. The highest BCUT2D eigenvalue weighted by Crippen LogP contribution is 2.34. The fourth-order valence-electron chi connectivity index (χ4n) is 4.75. The van der Waals surface area contributed by atoms with Gasteiger partial charge in [0.1, 0.15) is 24.1 Å². The summed E-state index contributed by atoms with van der Waals surface area (Å²) < 4.78 is 10.7. The molecule has 0 radical (unpaired) electrons. The molecule has 2 fully saturated rings. The molecule has 1 atom stereocenters. The molecule has 176 valence electrons. The molecule has 0 N–H and O–H groups in total. The third-order valence-electron chi connectivity index (χ3n) is 6.53. The van der Waals surface area contributed by atoms with Crippen LogP contribution in [0.25, 0.3) is 0 Å². The number of ether oxygens (including phenoxy) is 1. The average molecular weight is 464 g/mol. The Morgan fingerprint density at radius 3 is 2.47 bits per heavy atom. The number of urea groups is 1. The van der Waals surface area contributed by atoms with Gasteiger partial charge in [-0.05, 0) is 54.8 Å². The van der Waals surface area contributed by atoms with Crippen LogP contribution < -0.4 is 4.74 Å². The smallest absolute Gasteiger partial charge is 0.334 e. The van der Waals surface area contributed by atoms with Crippen LogP contribution in [0.5, 0.6) is 5.75 Å². The quantitative estimate of drug-likeness (QED) is 0.480. The molecular formula is C24H24N4O6. The molecule has 3 aliphatic rings. The van der Waals surface area contributed by atoms with Crippen molar-refractivity contribution in [3.05, 3.63) is 54.0 Å². The lowest BCUT2D eigenvalue weighted by Crippen LogP contribution is -2.43. The van der Waals surface area contributed by atoms with Crippen molar-refractivity contribution in [3.63, 3.8) is 0 Å². The molecule has 1 aliphatic carbocycles. The van der Waals surface area contributed by atoms with Crippen molar-refractivity contribution in [2.75, 3.05) is 13.7 Å². The molecule has 5 rings (SSSR count). The summed E-state index contributed by atoms with van der Waals surface area (Å²) >= 11 is 0. The van der Waals surface area contributed by atoms with Crippen molar-refractivity contribution in [2.24, 2.45) is 5.10 Å². The highest BCUT2D eigenvalue weighted by atomic mass is 16.5. The van der Waals surface area contributed by atoms with Gasteiger partial charge in [-0.3, -0.25) is 19.3 Å². The summed E-state index contributed by atoms with van der Waals surface area (Å²) in [5.74, 6) is -1.19. The van der Waals surface area contributed by atoms with E-state index >= 15 is 0 Å². The maximum Gasteiger partial charge on any atom is 0.334 e. The lowest BCUT2D eigenvalue weighted by Gasteiger charge is -2.23. The predicted molar refractivity (Wildman–Crippen MR) is 119 cm³/mol. The van der Waals surface area contributed by atoms with Crippen molar-refractivity contribution in [3.8, 4) is 5.75 Å². The molecule has 5 amide bonds. The lowest BCUT2D eigenvalue weighted by atomic mass is 10.0. The summed E-state index contributed by atoms with van der Waals surface area (Å²) in [7, 11) is 1.58. The second-order valence-electron chi connectivity index (χ2n) is 8.54. The first kappa shape index (κ1) is 21.9. The summed E-state index contributed by atoms with van der Waals surface area (Å²) in [4.78, 5) is 53.0. The molecule has 10 nitrogen and oxygen atoms in total. The lowest BCUT2D eigenvalue weighted by molar-refractivity contribution is -0.145. The minimum atomic E-state index is -0.974. The Morgan fingerprint density at radius 2 is 1.82 bits per heavy atom. The number of methoxy groups -OCH3 is 1. The van der Waals surface area contributed by atoms with E-state index in [0.29, 0.717) is 36.5 Å². The Hall–Kier alpha value is -3.95. The Kier molecular flexibility index (Phi) is 5.64. The number of carbonyl (C=O) groups excluding carboxylic acids is 4. The van der Waals surface area contributed by atoms with Crippen molar-refractivity contribution >= 4 is 29.5 Å². The minimum absolute atomic E-state index is 0.286. The molecule has 10 heteroatoms. The molecule has 1 aromatic heterocycles. The van der Waals surface area contributed by atoms with E-state index in [1.165, 1.54) is 11.3 Å². The van der Waals surface area contributed by atoms with Crippen LogP contribution in [0.15, 0.2) is 52.2 Å². The van der Waals surface area contributed by atoms with Crippen LogP contribution in [0, 0.1) is 0 Å². The van der Waals surface area contributed by atoms with Crippen molar-refractivity contribution in [1.82, 2.24) is 14.8 Å². The van der Waals surface area contributed by atoms with E-state index in [2.05, 4.69) is 5.10 Å². The largest absolute Gasteiger partial charge is 0.497 e. The molecule has 1 aromatic carbocycles. The van der Waals surface area contributed by atoms with Gasteiger partial charge in [0.2, 0.25) is 0 Å². The van der Waals surface area contributed by atoms with E-state index < -0.39 is 36.3 Å². The zero-order valence-corrected chi connectivity index (χ0v) is 18.7. The van der Waals surface area contributed by atoms with Gasteiger partial charge < -0.3 is 9.15 Å². The van der Waals surface area contributed by atoms with Crippen molar-refractivity contribution in [2.45, 2.75) is 44.2 Å². The summed E-state index contributed by atoms with van der Waals surface area (Å²) in [6.45, 7) is -0.566. The first-order valence-electron chi connectivity index (χ1n) is 11.2. The first-order chi connectivity index (χ1) is 16.5. The number of amides is 5. The van der Waals surface area contributed by atoms with Crippen LogP contribution in [-0.4, -0.2) is 64.0 Å². The average Bonchev–Trinajstić information content (AvgIpc) is 3.64. The molecule has 34 heavy (non-hydrogen) atoms. The van der Waals surface area contributed by atoms with Gasteiger partial charge in [-0.2, -0.15) is 5.10 Å². The van der Waals surface area contributed by atoms with Crippen LogP contribution >= 0.6 is 0 Å². The maximum atomic E-state index is 13.3. The molecular weight excluding hydrogens is 440 g/mol. The molecule has 0 spiro atoms. The third kappa shape index (κ3) is 3.74. The molecule has 1 saturated carbocycles. The number of benzene rings is 1. The normalized spacial score (nSPS) is 21.1. The van der Waals surface area contributed by atoms with Gasteiger partial charge in [0.15, 0.2) is 0 Å².